The lowest BCUT2D eigenvalue weighted by Gasteiger charge is -2.31. The molecule has 0 radical (unpaired) electrons. The molecule has 11 nitrogen and oxygen atoms in total. The van der Waals surface area contributed by atoms with E-state index in [1.54, 1.807) is 12.1 Å². The molecule has 0 aliphatic rings. The standard InChI is InChI=1S/C35H52N2O9/c1-32(2,3)25-15-23(34(7,8)19-45-29(38)41-11)21(13-27(25)36)17-43-31(40)44-18-22-14-28(37)26(33(4,5)6)16-24(22)35(9,10)20-46-30(39)42-12/h13-16H,17-20,36-37H2,1-12H3. The fourth-order valence-electron chi connectivity index (χ4n) is 5.19. The third kappa shape index (κ3) is 9.92. The van der Waals surface area contributed by atoms with Gasteiger partial charge in [0.2, 0.25) is 0 Å². The van der Waals surface area contributed by atoms with Crippen molar-refractivity contribution in [1.82, 2.24) is 0 Å². The number of carbonyl (C=O) groups is 3. The third-order valence-corrected chi connectivity index (χ3v) is 7.75. The van der Waals surface area contributed by atoms with E-state index in [4.69, 9.17) is 30.4 Å². The van der Waals surface area contributed by atoms with Gasteiger partial charge in [0.25, 0.3) is 0 Å². The zero-order valence-corrected chi connectivity index (χ0v) is 29.5. The van der Waals surface area contributed by atoms with E-state index in [0.717, 1.165) is 22.3 Å². The van der Waals surface area contributed by atoms with Crippen LogP contribution in [0, 0.1) is 0 Å². The van der Waals surface area contributed by atoms with Gasteiger partial charge < -0.3 is 39.9 Å². The van der Waals surface area contributed by atoms with Crippen molar-refractivity contribution in [1.29, 1.82) is 0 Å². The number of nitrogens with two attached hydrogens (primary N) is 2. The topological polar surface area (TPSA) is 159 Å². The van der Waals surface area contributed by atoms with Crippen LogP contribution in [0.3, 0.4) is 0 Å². The van der Waals surface area contributed by atoms with E-state index < -0.39 is 29.3 Å². The molecule has 11 heteroatoms. The van der Waals surface area contributed by atoms with Crippen molar-refractivity contribution < 1.29 is 42.8 Å². The molecule has 0 aliphatic carbocycles. The van der Waals surface area contributed by atoms with Gasteiger partial charge in [0, 0.05) is 22.2 Å². The van der Waals surface area contributed by atoms with Crippen molar-refractivity contribution in [2.45, 2.75) is 104 Å². The normalized spacial score (nSPS) is 12.3. The largest absolute Gasteiger partial charge is 0.508 e. The highest BCUT2D eigenvalue weighted by Gasteiger charge is 2.32. The Kier molecular flexibility index (Phi) is 12.0. The molecule has 2 rings (SSSR count). The predicted molar refractivity (Wildman–Crippen MR) is 177 cm³/mol. The SMILES string of the molecule is COC(=O)OCC(C)(C)c1cc(C(C)(C)C)c(N)cc1COC(=O)OCc1cc(N)c(C(C)(C)C)cc1C(C)(C)COC(=O)OC. The van der Waals surface area contributed by atoms with Gasteiger partial charge >= 0.3 is 18.5 Å². The second kappa shape index (κ2) is 14.5. The fraction of sp³-hybridized carbons (Fsp3) is 0.571. The molecule has 2 aromatic carbocycles. The van der Waals surface area contributed by atoms with Crippen LogP contribution in [0.2, 0.25) is 0 Å². The molecular weight excluding hydrogens is 592 g/mol. The van der Waals surface area contributed by atoms with Crippen LogP contribution < -0.4 is 11.5 Å². The average Bonchev–Trinajstić information content (AvgIpc) is 2.94. The van der Waals surface area contributed by atoms with E-state index in [1.165, 1.54) is 14.2 Å². The van der Waals surface area contributed by atoms with Gasteiger partial charge in [-0.15, -0.1) is 0 Å². The number of anilines is 2. The zero-order valence-electron chi connectivity index (χ0n) is 29.5. The minimum atomic E-state index is -0.902. The number of carbonyl (C=O) groups excluding carboxylic acids is 3. The van der Waals surface area contributed by atoms with Gasteiger partial charge in [-0.1, -0.05) is 81.4 Å². The minimum Gasteiger partial charge on any atom is -0.438 e. The first-order valence-corrected chi connectivity index (χ1v) is 15.1. The molecule has 0 unspecified atom stereocenters. The predicted octanol–water partition coefficient (Wildman–Crippen LogP) is 7.42. The summed E-state index contributed by atoms with van der Waals surface area (Å²) in [7, 11) is 2.49. The highest BCUT2D eigenvalue weighted by Crippen LogP contribution is 2.38. The minimum absolute atomic E-state index is 0.0227. The summed E-state index contributed by atoms with van der Waals surface area (Å²) in [6, 6.07) is 7.47. The van der Waals surface area contributed by atoms with Gasteiger partial charge in [-0.3, -0.25) is 0 Å². The fourth-order valence-corrected chi connectivity index (χ4v) is 5.19. The second-order valence-corrected chi connectivity index (χ2v) is 14.8. The number of hydrogen-bond acceptors (Lipinski definition) is 11. The molecule has 0 saturated heterocycles. The molecule has 0 spiro atoms. The Morgan fingerprint density at radius 1 is 0.522 bits per heavy atom. The quantitative estimate of drug-likeness (QED) is 0.151. The molecule has 0 aromatic heterocycles. The van der Waals surface area contributed by atoms with Gasteiger partial charge in [0.15, 0.2) is 0 Å². The molecule has 0 bridgehead atoms. The number of ether oxygens (including phenoxy) is 6. The monoisotopic (exact) mass is 644 g/mol. The molecule has 0 heterocycles. The van der Waals surface area contributed by atoms with E-state index in [9.17, 15) is 14.4 Å². The maximum absolute atomic E-state index is 13.0. The van der Waals surface area contributed by atoms with Crippen molar-refractivity contribution in [3.05, 3.63) is 57.6 Å². The summed E-state index contributed by atoms with van der Waals surface area (Å²) in [5, 5.41) is 0. The first-order valence-electron chi connectivity index (χ1n) is 15.1. The molecule has 0 saturated carbocycles. The number of benzene rings is 2. The van der Waals surface area contributed by atoms with Crippen LogP contribution in [0.25, 0.3) is 0 Å². The first-order chi connectivity index (χ1) is 21.0. The molecule has 0 amide bonds. The van der Waals surface area contributed by atoms with Crippen LogP contribution in [0.1, 0.15) is 103 Å². The summed E-state index contributed by atoms with van der Waals surface area (Å²) >= 11 is 0. The zero-order chi connectivity index (χ0) is 35.3. The van der Waals surface area contributed by atoms with E-state index in [2.05, 4.69) is 9.47 Å². The summed E-state index contributed by atoms with van der Waals surface area (Å²) in [5.41, 5.74) is 16.8. The molecule has 256 valence electrons. The van der Waals surface area contributed by atoms with Crippen LogP contribution in [-0.2, 0) is 63.3 Å². The van der Waals surface area contributed by atoms with Crippen LogP contribution in [-0.4, -0.2) is 45.9 Å². The second-order valence-electron chi connectivity index (χ2n) is 14.8. The molecular formula is C35H52N2O9. The lowest BCUT2D eigenvalue weighted by Crippen LogP contribution is -2.29. The Morgan fingerprint density at radius 3 is 1.13 bits per heavy atom. The number of rotatable bonds is 10. The Morgan fingerprint density at radius 2 is 0.848 bits per heavy atom. The van der Waals surface area contributed by atoms with Crippen LogP contribution >= 0.6 is 0 Å². The van der Waals surface area contributed by atoms with Crippen LogP contribution in [0.4, 0.5) is 25.8 Å². The van der Waals surface area contributed by atoms with E-state index in [-0.39, 0.29) is 37.3 Å². The van der Waals surface area contributed by atoms with Crippen molar-refractivity contribution in [3.63, 3.8) is 0 Å². The summed E-state index contributed by atoms with van der Waals surface area (Å²) in [6.07, 6.45) is -2.49. The molecule has 46 heavy (non-hydrogen) atoms. The Labute approximate surface area is 273 Å². The third-order valence-electron chi connectivity index (χ3n) is 7.75. The van der Waals surface area contributed by atoms with E-state index in [1.807, 2.05) is 81.4 Å². The lowest BCUT2D eigenvalue weighted by atomic mass is 9.77. The summed E-state index contributed by atoms with van der Waals surface area (Å²) < 4.78 is 31.0. The van der Waals surface area contributed by atoms with Crippen molar-refractivity contribution in [2.24, 2.45) is 0 Å². The van der Waals surface area contributed by atoms with Crippen LogP contribution in [0.15, 0.2) is 24.3 Å². The van der Waals surface area contributed by atoms with Gasteiger partial charge in [-0.05, 0) is 56.3 Å². The smallest absolute Gasteiger partial charge is 0.438 e. The van der Waals surface area contributed by atoms with Gasteiger partial charge in [0.05, 0.1) is 14.2 Å². The summed E-state index contributed by atoms with van der Waals surface area (Å²) in [4.78, 5) is 36.4. The lowest BCUT2D eigenvalue weighted by molar-refractivity contribution is 0.0428. The van der Waals surface area contributed by atoms with E-state index in [0.29, 0.717) is 22.5 Å². The van der Waals surface area contributed by atoms with Gasteiger partial charge in [-0.25, -0.2) is 14.4 Å². The highest BCUT2D eigenvalue weighted by atomic mass is 16.7. The maximum Gasteiger partial charge on any atom is 0.508 e. The summed E-state index contributed by atoms with van der Waals surface area (Å²) in [6.45, 7) is 19.7. The summed E-state index contributed by atoms with van der Waals surface area (Å²) in [5.74, 6) is 0. The average molecular weight is 645 g/mol. The maximum atomic E-state index is 13.0. The number of nitrogen functional groups attached to an aromatic ring is 2. The number of methoxy groups -OCH3 is 2. The number of hydrogen-bond donors (Lipinski definition) is 2. The van der Waals surface area contributed by atoms with Crippen LogP contribution in [0.5, 0.6) is 0 Å². The Bertz CT molecular complexity index is 1310. The van der Waals surface area contributed by atoms with Crippen molar-refractivity contribution >= 4 is 29.8 Å². The van der Waals surface area contributed by atoms with Gasteiger partial charge in [-0.2, -0.15) is 0 Å². The molecule has 0 atom stereocenters. The molecule has 2 aromatic rings. The van der Waals surface area contributed by atoms with E-state index >= 15 is 0 Å². The first kappa shape index (κ1) is 38.0. The Hall–Kier alpha value is -4.15. The van der Waals surface area contributed by atoms with Crippen molar-refractivity contribution in [3.8, 4) is 0 Å². The molecule has 4 N–H and O–H groups in total. The highest BCUT2D eigenvalue weighted by molar-refractivity contribution is 5.63. The van der Waals surface area contributed by atoms with Gasteiger partial charge in [0.1, 0.15) is 26.4 Å². The molecule has 0 fully saturated rings. The molecule has 0 aliphatic heterocycles. The van der Waals surface area contributed by atoms with Crippen molar-refractivity contribution in [2.75, 3.05) is 38.9 Å². The Balaban J connectivity index is 2.37.